The van der Waals surface area contributed by atoms with Gasteiger partial charge in [0.05, 0.1) is 12.5 Å². The summed E-state index contributed by atoms with van der Waals surface area (Å²) in [5.74, 6) is -0.680. The lowest BCUT2D eigenvalue weighted by molar-refractivity contribution is -0.150. The number of halogens is 3. The van der Waals surface area contributed by atoms with Crippen LogP contribution in [0.2, 0.25) is 0 Å². The van der Waals surface area contributed by atoms with Gasteiger partial charge in [-0.3, -0.25) is 0 Å². The number of hydrogen-bond donors (Lipinski definition) is 0. The maximum absolute atomic E-state index is 13.5. The first kappa shape index (κ1) is 20.7. The molecule has 0 aliphatic heterocycles. The van der Waals surface area contributed by atoms with Crippen LogP contribution in [0.5, 0.6) is 5.75 Å². The Kier molecular flexibility index (Phi) is 6.76. The second kappa shape index (κ2) is 9.46. The van der Waals surface area contributed by atoms with Gasteiger partial charge in [-0.15, -0.1) is 0 Å². The number of rotatable bonds is 7. The Hall–Kier alpha value is -3.01. The first-order valence-electron chi connectivity index (χ1n) is 9.57. The summed E-state index contributed by atoms with van der Waals surface area (Å²) >= 11 is 0. The van der Waals surface area contributed by atoms with Crippen LogP contribution < -0.4 is 4.74 Å². The predicted octanol–water partition coefficient (Wildman–Crippen LogP) is 7.14. The molecular weight excluding hydrogens is 373 g/mol. The van der Waals surface area contributed by atoms with Crippen molar-refractivity contribution in [1.29, 1.82) is 0 Å². The van der Waals surface area contributed by atoms with Crippen LogP contribution in [0.1, 0.15) is 35.1 Å². The molecule has 1 nitrogen and oxygen atoms in total. The summed E-state index contributed by atoms with van der Waals surface area (Å²) in [7, 11) is 0. The highest BCUT2D eigenvalue weighted by molar-refractivity contribution is 5.69. The van der Waals surface area contributed by atoms with E-state index >= 15 is 0 Å². The average molecular weight is 396 g/mol. The van der Waals surface area contributed by atoms with Crippen molar-refractivity contribution in [1.82, 2.24) is 0 Å². The Morgan fingerprint density at radius 3 is 1.86 bits per heavy atom. The molecule has 0 aromatic heterocycles. The van der Waals surface area contributed by atoms with Gasteiger partial charge in [-0.25, -0.2) is 0 Å². The van der Waals surface area contributed by atoms with E-state index in [1.165, 1.54) is 12.1 Å². The molecule has 0 fully saturated rings. The molecule has 29 heavy (non-hydrogen) atoms. The fraction of sp³-hybridized carbons (Fsp3) is 0.200. The van der Waals surface area contributed by atoms with E-state index in [0.717, 1.165) is 16.9 Å². The summed E-state index contributed by atoms with van der Waals surface area (Å²) in [6, 6.07) is 23.0. The molecule has 0 aliphatic carbocycles. The number of benzene rings is 3. The Morgan fingerprint density at radius 1 is 0.793 bits per heavy atom. The molecule has 0 bridgehead atoms. The molecule has 0 spiro atoms. The van der Waals surface area contributed by atoms with Gasteiger partial charge in [0.1, 0.15) is 5.75 Å². The van der Waals surface area contributed by atoms with Crippen molar-refractivity contribution in [3.05, 3.63) is 101 Å². The first-order chi connectivity index (χ1) is 14.0. The Balaban J connectivity index is 1.69. The largest absolute Gasteiger partial charge is 0.494 e. The Labute approximate surface area is 169 Å². The van der Waals surface area contributed by atoms with Crippen molar-refractivity contribution < 1.29 is 17.9 Å². The van der Waals surface area contributed by atoms with Crippen LogP contribution in [0.15, 0.2) is 78.9 Å². The third kappa shape index (κ3) is 5.98. The molecule has 0 unspecified atom stereocenters. The van der Waals surface area contributed by atoms with Gasteiger partial charge >= 0.3 is 6.18 Å². The highest BCUT2D eigenvalue weighted by atomic mass is 19.4. The van der Waals surface area contributed by atoms with Gasteiger partial charge in [0.25, 0.3) is 0 Å². The molecular formula is C25H23F3O. The SMILES string of the molecule is CCOc1ccc(C=Cc2ccc(C[C@@H](c3ccccc3)C(F)(F)F)cc2)cc1. The van der Waals surface area contributed by atoms with E-state index in [1.807, 2.05) is 55.5 Å². The van der Waals surface area contributed by atoms with Crippen LogP contribution in [0, 0.1) is 0 Å². The Morgan fingerprint density at radius 2 is 1.34 bits per heavy atom. The van der Waals surface area contributed by atoms with Crippen LogP contribution >= 0.6 is 0 Å². The number of ether oxygens (including phenoxy) is 1. The van der Waals surface area contributed by atoms with Crippen LogP contribution in [0.25, 0.3) is 12.2 Å². The molecule has 0 N–H and O–H groups in total. The minimum Gasteiger partial charge on any atom is -0.494 e. The molecule has 0 aliphatic rings. The lowest BCUT2D eigenvalue weighted by Gasteiger charge is -2.21. The van der Waals surface area contributed by atoms with Gasteiger partial charge < -0.3 is 4.74 Å². The summed E-state index contributed by atoms with van der Waals surface area (Å²) < 4.78 is 46.0. The molecule has 3 rings (SSSR count). The van der Waals surface area contributed by atoms with Gasteiger partial charge in [-0.1, -0.05) is 78.9 Å². The third-order valence-electron chi connectivity index (χ3n) is 4.68. The van der Waals surface area contributed by atoms with Crippen LogP contribution in [-0.2, 0) is 6.42 Å². The van der Waals surface area contributed by atoms with Gasteiger partial charge in [0.15, 0.2) is 0 Å². The molecule has 150 valence electrons. The average Bonchev–Trinajstić information content (AvgIpc) is 2.72. The summed E-state index contributed by atoms with van der Waals surface area (Å²) in [6.07, 6.45) is -0.449. The lowest BCUT2D eigenvalue weighted by Crippen LogP contribution is -2.22. The molecule has 0 saturated heterocycles. The Bertz CT molecular complexity index is 911. The van der Waals surface area contributed by atoms with E-state index in [0.29, 0.717) is 17.7 Å². The first-order valence-corrected chi connectivity index (χ1v) is 9.57. The minimum atomic E-state index is -4.28. The maximum Gasteiger partial charge on any atom is 0.396 e. The van der Waals surface area contributed by atoms with E-state index in [1.54, 1.807) is 30.3 Å². The molecule has 0 radical (unpaired) electrons. The number of alkyl halides is 3. The monoisotopic (exact) mass is 396 g/mol. The quantitative estimate of drug-likeness (QED) is 0.386. The van der Waals surface area contributed by atoms with Crippen LogP contribution in [-0.4, -0.2) is 12.8 Å². The normalized spacial score (nSPS) is 12.8. The van der Waals surface area contributed by atoms with Crippen LogP contribution in [0.4, 0.5) is 13.2 Å². The summed E-state index contributed by atoms with van der Waals surface area (Å²) in [5.41, 5.74) is 2.92. The summed E-state index contributed by atoms with van der Waals surface area (Å²) in [6.45, 7) is 2.56. The summed E-state index contributed by atoms with van der Waals surface area (Å²) in [4.78, 5) is 0. The second-order valence-corrected chi connectivity index (χ2v) is 6.79. The molecule has 1 atom stereocenters. The topological polar surface area (TPSA) is 9.23 Å². The standard InChI is InChI=1S/C25H23F3O/c1-2-29-23-16-14-20(15-17-23)9-8-19-10-12-21(13-11-19)18-24(25(26,27)28)22-6-4-3-5-7-22/h3-17,24H,2,18H2,1H3/t24-/m0/s1. The number of hydrogen-bond acceptors (Lipinski definition) is 1. The minimum absolute atomic E-state index is 0.0730. The van der Waals surface area contributed by atoms with E-state index < -0.39 is 12.1 Å². The molecule has 0 saturated carbocycles. The fourth-order valence-corrected chi connectivity index (χ4v) is 3.14. The summed E-state index contributed by atoms with van der Waals surface area (Å²) in [5, 5.41) is 0. The van der Waals surface area contributed by atoms with Crippen molar-refractivity contribution in [2.75, 3.05) is 6.61 Å². The van der Waals surface area contributed by atoms with Gasteiger partial charge in [-0.05, 0) is 47.7 Å². The van der Waals surface area contributed by atoms with Crippen molar-refractivity contribution in [2.24, 2.45) is 0 Å². The zero-order chi connectivity index (χ0) is 20.7. The van der Waals surface area contributed by atoms with E-state index in [2.05, 4.69) is 0 Å². The van der Waals surface area contributed by atoms with Crippen LogP contribution in [0.3, 0.4) is 0 Å². The van der Waals surface area contributed by atoms with Gasteiger partial charge in [-0.2, -0.15) is 13.2 Å². The van der Waals surface area contributed by atoms with Crippen molar-refractivity contribution in [3.8, 4) is 5.75 Å². The van der Waals surface area contributed by atoms with Gasteiger partial charge in [0.2, 0.25) is 0 Å². The predicted molar refractivity (Wildman–Crippen MR) is 112 cm³/mol. The molecule has 4 heteroatoms. The van der Waals surface area contributed by atoms with E-state index in [4.69, 9.17) is 4.74 Å². The fourth-order valence-electron chi connectivity index (χ4n) is 3.14. The van der Waals surface area contributed by atoms with E-state index in [-0.39, 0.29) is 6.42 Å². The van der Waals surface area contributed by atoms with Crippen molar-refractivity contribution in [3.63, 3.8) is 0 Å². The molecule has 0 heterocycles. The maximum atomic E-state index is 13.5. The highest BCUT2D eigenvalue weighted by Gasteiger charge is 2.40. The van der Waals surface area contributed by atoms with Crippen molar-refractivity contribution in [2.45, 2.75) is 25.4 Å². The molecule has 0 amide bonds. The molecule has 3 aromatic rings. The van der Waals surface area contributed by atoms with Gasteiger partial charge in [0, 0.05) is 0 Å². The lowest BCUT2D eigenvalue weighted by atomic mass is 9.91. The zero-order valence-electron chi connectivity index (χ0n) is 16.2. The third-order valence-corrected chi connectivity index (χ3v) is 4.68. The zero-order valence-corrected chi connectivity index (χ0v) is 16.2. The van der Waals surface area contributed by atoms with E-state index in [9.17, 15) is 13.2 Å². The smallest absolute Gasteiger partial charge is 0.396 e. The van der Waals surface area contributed by atoms with Crippen molar-refractivity contribution >= 4 is 12.2 Å². The highest BCUT2D eigenvalue weighted by Crippen LogP contribution is 2.37. The molecule has 3 aromatic carbocycles. The second-order valence-electron chi connectivity index (χ2n) is 6.79.